The van der Waals surface area contributed by atoms with Gasteiger partial charge in [-0.1, -0.05) is 26.0 Å². The van der Waals surface area contributed by atoms with Crippen molar-refractivity contribution in [3.05, 3.63) is 65.4 Å². The van der Waals surface area contributed by atoms with Crippen LogP contribution in [0.4, 0.5) is 4.39 Å². The van der Waals surface area contributed by atoms with E-state index in [1.165, 1.54) is 19.4 Å². The molecule has 0 aliphatic heterocycles. The van der Waals surface area contributed by atoms with Crippen molar-refractivity contribution in [1.29, 1.82) is 0 Å². The number of hydrogen-bond donors (Lipinski definition) is 1. The van der Waals surface area contributed by atoms with Crippen LogP contribution in [0.1, 0.15) is 43.0 Å². The van der Waals surface area contributed by atoms with Crippen molar-refractivity contribution in [3.63, 3.8) is 0 Å². The van der Waals surface area contributed by atoms with Crippen molar-refractivity contribution in [2.24, 2.45) is 0 Å². The zero-order chi connectivity index (χ0) is 22.4. The second kappa shape index (κ2) is 10.1. The minimum absolute atomic E-state index is 0.137. The van der Waals surface area contributed by atoms with Gasteiger partial charge in [0.15, 0.2) is 17.3 Å². The maximum Gasteiger partial charge on any atom is 0.307 e. The molecule has 0 bridgehead atoms. The topological polar surface area (TPSA) is 86.5 Å². The smallest absolute Gasteiger partial charge is 0.307 e. The van der Waals surface area contributed by atoms with Crippen molar-refractivity contribution < 1.29 is 23.8 Å². The third-order valence-electron chi connectivity index (χ3n) is 4.77. The van der Waals surface area contributed by atoms with Crippen molar-refractivity contribution in [3.8, 4) is 17.3 Å². The first-order chi connectivity index (χ1) is 14.9. The SMILES string of the molecule is COc1cccc(CC(=O)O)c1OCCCc1cn(-c2ccc(F)cn2)nc1C(C)C. The van der Waals surface area contributed by atoms with Gasteiger partial charge in [0, 0.05) is 11.8 Å². The van der Waals surface area contributed by atoms with Gasteiger partial charge in [0.2, 0.25) is 0 Å². The number of para-hydroxylation sites is 1. The number of carbonyl (C=O) groups is 1. The van der Waals surface area contributed by atoms with E-state index in [1.54, 1.807) is 28.9 Å². The quantitative estimate of drug-likeness (QED) is 0.489. The van der Waals surface area contributed by atoms with E-state index in [-0.39, 0.29) is 12.3 Å². The van der Waals surface area contributed by atoms with E-state index in [2.05, 4.69) is 23.9 Å². The Morgan fingerprint density at radius 3 is 2.68 bits per heavy atom. The van der Waals surface area contributed by atoms with Crippen LogP contribution in [-0.4, -0.2) is 39.6 Å². The number of halogens is 1. The van der Waals surface area contributed by atoms with Gasteiger partial charge in [-0.2, -0.15) is 5.10 Å². The summed E-state index contributed by atoms with van der Waals surface area (Å²) < 4.78 is 26.1. The number of methoxy groups -OCH3 is 1. The summed E-state index contributed by atoms with van der Waals surface area (Å²) in [6.45, 7) is 4.53. The summed E-state index contributed by atoms with van der Waals surface area (Å²) in [5.41, 5.74) is 2.59. The number of aliphatic carboxylic acids is 1. The van der Waals surface area contributed by atoms with E-state index < -0.39 is 11.8 Å². The predicted molar refractivity (Wildman–Crippen MR) is 114 cm³/mol. The fourth-order valence-electron chi connectivity index (χ4n) is 3.35. The van der Waals surface area contributed by atoms with Gasteiger partial charge in [-0.15, -0.1) is 0 Å². The Morgan fingerprint density at radius 1 is 1.23 bits per heavy atom. The van der Waals surface area contributed by atoms with Crippen LogP contribution in [-0.2, 0) is 17.6 Å². The van der Waals surface area contributed by atoms with Crippen LogP contribution in [0, 0.1) is 5.82 Å². The van der Waals surface area contributed by atoms with Crippen LogP contribution in [0.5, 0.6) is 11.5 Å². The highest BCUT2D eigenvalue weighted by Crippen LogP contribution is 2.32. The van der Waals surface area contributed by atoms with Crippen molar-refractivity contribution >= 4 is 5.97 Å². The molecule has 31 heavy (non-hydrogen) atoms. The van der Waals surface area contributed by atoms with Crippen molar-refractivity contribution in [2.75, 3.05) is 13.7 Å². The van der Waals surface area contributed by atoms with Crippen LogP contribution >= 0.6 is 0 Å². The van der Waals surface area contributed by atoms with Crippen LogP contribution in [0.15, 0.2) is 42.7 Å². The summed E-state index contributed by atoms with van der Waals surface area (Å²) in [5.74, 6) is 0.420. The molecule has 0 radical (unpaired) electrons. The number of carboxylic acid groups (broad SMARTS) is 1. The van der Waals surface area contributed by atoms with E-state index in [0.29, 0.717) is 35.9 Å². The Hall–Kier alpha value is -3.42. The maximum atomic E-state index is 13.2. The lowest BCUT2D eigenvalue weighted by molar-refractivity contribution is -0.136. The average Bonchev–Trinajstić information content (AvgIpc) is 3.16. The third-order valence-corrected chi connectivity index (χ3v) is 4.77. The van der Waals surface area contributed by atoms with Gasteiger partial charge in [0.05, 0.1) is 32.0 Å². The van der Waals surface area contributed by atoms with Crippen LogP contribution < -0.4 is 9.47 Å². The molecule has 0 amide bonds. The number of carboxylic acids is 1. The van der Waals surface area contributed by atoms with Gasteiger partial charge in [-0.05, 0) is 42.5 Å². The summed E-state index contributed by atoms with van der Waals surface area (Å²) in [6, 6.07) is 8.16. The van der Waals surface area contributed by atoms with E-state index >= 15 is 0 Å². The zero-order valence-electron chi connectivity index (χ0n) is 17.8. The van der Waals surface area contributed by atoms with Gasteiger partial charge in [0.25, 0.3) is 0 Å². The first-order valence-electron chi connectivity index (χ1n) is 10.1. The maximum absolute atomic E-state index is 13.2. The molecule has 1 N–H and O–H groups in total. The van der Waals surface area contributed by atoms with Gasteiger partial charge < -0.3 is 14.6 Å². The molecule has 1 aromatic carbocycles. The number of aryl methyl sites for hydroxylation is 1. The molecule has 8 heteroatoms. The summed E-state index contributed by atoms with van der Waals surface area (Å²) in [5, 5.41) is 13.8. The van der Waals surface area contributed by atoms with Crippen molar-refractivity contribution in [2.45, 2.75) is 39.0 Å². The monoisotopic (exact) mass is 427 g/mol. The minimum Gasteiger partial charge on any atom is -0.493 e. The Labute approximate surface area is 180 Å². The molecule has 2 heterocycles. The van der Waals surface area contributed by atoms with Gasteiger partial charge in [-0.3, -0.25) is 4.79 Å². The van der Waals surface area contributed by atoms with E-state index in [0.717, 1.165) is 17.7 Å². The number of ether oxygens (including phenoxy) is 2. The average molecular weight is 427 g/mol. The molecule has 3 aromatic rings. The van der Waals surface area contributed by atoms with E-state index in [9.17, 15) is 9.18 Å². The molecule has 0 aliphatic carbocycles. The molecule has 0 saturated carbocycles. The molecule has 0 aliphatic rings. The Morgan fingerprint density at radius 2 is 2.03 bits per heavy atom. The molecule has 0 atom stereocenters. The standard InChI is InChI=1S/C23H26FN3O4/c1-15(2)22-17(14-27(26-22)20-10-9-18(24)13-25-20)7-5-11-31-23-16(12-21(28)29)6-4-8-19(23)30-3/h4,6,8-10,13-15H,5,7,11-12H2,1-3H3,(H,28,29). The van der Waals surface area contributed by atoms with E-state index in [1.807, 2.05) is 6.20 Å². The fourth-order valence-corrected chi connectivity index (χ4v) is 3.35. The lowest BCUT2D eigenvalue weighted by Crippen LogP contribution is -2.07. The zero-order valence-corrected chi connectivity index (χ0v) is 17.8. The predicted octanol–water partition coefficient (Wildman–Crippen LogP) is 4.18. The molecular weight excluding hydrogens is 401 g/mol. The number of pyridine rings is 1. The van der Waals surface area contributed by atoms with Gasteiger partial charge in [-0.25, -0.2) is 14.1 Å². The lowest BCUT2D eigenvalue weighted by atomic mass is 10.0. The molecule has 7 nitrogen and oxygen atoms in total. The van der Waals surface area contributed by atoms with Crippen molar-refractivity contribution in [1.82, 2.24) is 14.8 Å². The highest BCUT2D eigenvalue weighted by molar-refractivity contribution is 5.72. The van der Waals surface area contributed by atoms with Gasteiger partial charge >= 0.3 is 5.97 Å². The first-order valence-corrected chi connectivity index (χ1v) is 10.1. The highest BCUT2D eigenvalue weighted by atomic mass is 19.1. The second-order valence-electron chi connectivity index (χ2n) is 7.44. The molecule has 0 saturated heterocycles. The summed E-state index contributed by atoms with van der Waals surface area (Å²) >= 11 is 0. The Bertz CT molecular complexity index is 1030. The lowest BCUT2D eigenvalue weighted by Gasteiger charge is -2.14. The van der Waals surface area contributed by atoms with Crippen LogP contribution in [0.3, 0.4) is 0 Å². The fraction of sp³-hybridized carbons (Fsp3) is 0.348. The third kappa shape index (κ3) is 5.59. The largest absolute Gasteiger partial charge is 0.493 e. The molecule has 3 rings (SSSR count). The summed E-state index contributed by atoms with van der Waals surface area (Å²) in [7, 11) is 1.53. The summed E-state index contributed by atoms with van der Waals surface area (Å²) in [4.78, 5) is 15.2. The first kappa shape index (κ1) is 22.3. The molecule has 2 aromatic heterocycles. The second-order valence-corrected chi connectivity index (χ2v) is 7.44. The Kier molecular flexibility index (Phi) is 7.23. The van der Waals surface area contributed by atoms with Gasteiger partial charge in [0.1, 0.15) is 5.82 Å². The van der Waals surface area contributed by atoms with E-state index in [4.69, 9.17) is 14.6 Å². The molecule has 0 spiro atoms. The minimum atomic E-state index is -0.929. The normalized spacial score (nSPS) is 11.0. The molecule has 0 fully saturated rings. The van der Waals surface area contributed by atoms with Crippen LogP contribution in [0.25, 0.3) is 5.82 Å². The Balaban J connectivity index is 1.70. The van der Waals surface area contributed by atoms with Crippen LogP contribution in [0.2, 0.25) is 0 Å². The molecular formula is C23H26FN3O4. The molecule has 0 unspecified atom stereocenters. The molecule has 164 valence electrons. The highest BCUT2D eigenvalue weighted by Gasteiger charge is 2.16. The number of rotatable bonds is 10. The summed E-state index contributed by atoms with van der Waals surface area (Å²) in [6.07, 6.45) is 4.36. The number of aromatic nitrogens is 3. The number of benzene rings is 1. The number of hydrogen-bond acceptors (Lipinski definition) is 5. The number of nitrogens with zero attached hydrogens (tertiary/aromatic N) is 3.